The van der Waals surface area contributed by atoms with Gasteiger partial charge in [0.15, 0.2) is 0 Å². The average molecular weight is 184 g/mol. The van der Waals surface area contributed by atoms with E-state index in [9.17, 15) is 4.79 Å². The number of hydrogen-bond acceptors (Lipinski definition) is 2. The van der Waals surface area contributed by atoms with E-state index in [0.717, 1.165) is 12.8 Å². The summed E-state index contributed by atoms with van der Waals surface area (Å²) in [6.07, 6.45) is 5.00. The zero-order valence-electron chi connectivity index (χ0n) is 8.71. The Hall–Kier alpha value is -0.790. The second kappa shape index (κ2) is 7.84. The fraction of sp³-hybridized carbons (Fsp3) is 0.727. The molecule has 0 bridgehead atoms. The minimum absolute atomic E-state index is 0.108. The van der Waals surface area contributed by atoms with Gasteiger partial charge in [0.2, 0.25) is 0 Å². The highest BCUT2D eigenvalue weighted by Gasteiger charge is 2.00. The molecule has 0 radical (unpaired) electrons. The van der Waals surface area contributed by atoms with Crippen LogP contribution in [0.15, 0.2) is 12.7 Å². The van der Waals surface area contributed by atoms with Crippen LogP contribution in [0.25, 0.3) is 0 Å². The predicted octanol–water partition coefficient (Wildman–Crippen LogP) is 2.93. The first kappa shape index (κ1) is 12.2. The van der Waals surface area contributed by atoms with Gasteiger partial charge in [0.05, 0.1) is 6.61 Å². The van der Waals surface area contributed by atoms with Crippen LogP contribution < -0.4 is 0 Å². The van der Waals surface area contributed by atoms with Crippen molar-refractivity contribution in [3.05, 3.63) is 12.7 Å². The molecule has 76 valence electrons. The van der Waals surface area contributed by atoms with Crippen LogP contribution in [0.1, 0.15) is 39.5 Å². The molecule has 0 fully saturated rings. The summed E-state index contributed by atoms with van der Waals surface area (Å²) >= 11 is 0. The summed E-state index contributed by atoms with van der Waals surface area (Å²) in [5.74, 6) is 0.579. The number of carbonyl (C=O) groups is 1. The number of esters is 1. The fourth-order valence-corrected chi connectivity index (χ4v) is 0.970. The van der Waals surface area contributed by atoms with E-state index < -0.39 is 0 Å². The molecule has 2 heteroatoms. The highest BCUT2D eigenvalue weighted by atomic mass is 16.5. The second-order valence-corrected chi connectivity index (χ2v) is 3.58. The molecular weight excluding hydrogens is 164 g/mol. The van der Waals surface area contributed by atoms with Gasteiger partial charge in [-0.3, -0.25) is 4.79 Å². The first-order valence-electron chi connectivity index (χ1n) is 4.93. The lowest BCUT2D eigenvalue weighted by Crippen LogP contribution is -2.05. The van der Waals surface area contributed by atoms with E-state index in [1.807, 2.05) is 0 Å². The molecule has 0 rings (SSSR count). The Balaban J connectivity index is 3.21. The van der Waals surface area contributed by atoms with Crippen LogP contribution in [0.3, 0.4) is 0 Å². The molecular formula is C11H20O2. The summed E-state index contributed by atoms with van der Waals surface area (Å²) in [5, 5.41) is 0. The van der Waals surface area contributed by atoms with Crippen molar-refractivity contribution >= 4 is 5.97 Å². The molecule has 0 aliphatic heterocycles. The van der Waals surface area contributed by atoms with Gasteiger partial charge in [-0.1, -0.05) is 19.9 Å². The number of carbonyl (C=O) groups excluding carboxylic acids is 1. The van der Waals surface area contributed by atoms with Crippen LogP contribution in [0, 0.1) is 5.92 Å². The van der Waals surface area contributed by atoms with Crippen molar-refractivity contribution in [2.45, 2.75) is 39.5 Å². The van der Waals surface area contributed by atoms with Gasteiger partial charge in [-0.2, -0.15) is 0 Å². The maximum absolute atomic E-state index is 11.0. The van der Waals surface area contributed by atoms with Gasteiger partial charge in [-0.25, -0.2) is 0 Å². The average Bonchev–Trinajstić information content (AvgIpc) is 2.08. The number of hydrogen-bond donors (Lipinski definition) is 0. The van der Waals surface area contributed by atoms with E-state index in [1.54, 1.807) is 6.08 Å². The third-order valence-corrected chi connectivity index (χ3v) is 1.74. The molecule has 0 atom stereocenters. The monoisotopic (exact) mass is 184 g/mol. The van der Waals surface area contributed by atoms with Crippen molar-refractivity contribution in [1.29, 1.82) is 0 Å². The molecule has 0 unspecified atom stereocenters. The van der Waals surface area contributed by atoms with Crippen molar-refractivity contribution in [2.75, 3.05) is 6.61 Å². The van der Waals surface area contributed by atoms with Crippen LogP contribution in [-0.2, 0) is 9.53 Å². The quantitative estimate of drug-likeness (QED) is 0.345. The van der Waals surface area contributed by atoms with Crippen LogP contribution >= 0.6 is 0 Å². The smallest absolute Gasteiger partial charge is 0.306 e. The van der Waals surface area contributed by atoms with Crippen molar-refractivity contribution in [3.63, 3.8) is 0 Å². The van der Waals surface area contributed by atoms with Gasteiger partial charge in [0.25, 0.3) is 0 Å². The summed E-state index contributed by atoms with van der Waals surface area (Å²) in [5.41, 5.74) is 0. The largest absolute Gasteiger partial charge is 0.466 e. The van der Waals surface area contributed by atoms with Crippen molar-refractivity contribution in [1.82, 2.24) is 0 Å². The Labute approximate surface area is 81.0 Å². The molecule has 0 N–H and O–H groups in total. The predicted molar refractivity (Wildman–Crippen MR) is 54.5 cm³/mol. The Morgan fingerprint density at radius 2 is 2.23 bits per heavy atom. The Bertz CT molecular complexity index is 150. The lowest BCUT2D eigenvalue weighted by atomic mass is 10.1. The van der Waals surface area contributed by atoms with E-state index in [1.165, 1.54) is 0 Å². The van der Waals surface area contributed by atoms with Gasteiger partial charge in [-0.15, -0.1) is 6.58 Å². The Morgan fingerprint density at radius 1 is 1.54 bits per heavy atom. The summed E-state index contributed by atoms with van der Waals surface area (Å²) < 4.78 is 5.01. The van der Waals surface area contributed by atoms with E-state index in [-0.39, 0.29) is 5.97 Å². The van der Waals surface area contributed by atoms with Crippen molar-refractivity contribution in [2.24, 2.45) is 5.92 Å². The zero-order valence-corrected chi connectivity index (χ0v) is 8.71. The van der Waals surface area contributed by atoms with Crippen LogP contribution in [0.2, 0.25) is 0 Å². The van der Waals surface area contributed by atoms with E-state index in [0.29, 0.717) is 25.4 Å². The third kappa shape index (κ3) is 9.12. The molecule has 0 aromatic carbocycles. The molecule has 13 heavy (non-hydrogen) atoms. The van der Waals surface area contributed by atoms with E-state index in [2.05, 4.69) is 20.4 Å². The number of allylic oxidation sites excluding steroid dienone is 1. The van der Waals surface area contributed by atoms with Crippen LogP contribution in [0.5, 0.6) is 0 Å². The summed E-state index contributed by atoms with van der Waals surface area (Å²) in [4.78, 5) is 11.0. The molecule has 0 saturated heterocycles. The molecule has 0 aromatic heterocycles. The highest BCUT2D eigenvalue weighted by molar-refractivity contribution is 5.69. The van der Waals surface area contributed by atoms with Gasteiger partial charge < -0.3 is 4.74 Å². The summed E-state index contributed by atoms with van der Waals surface area (Å²) in [6, 6.07) is 0. The summed E-state index contributed by atoms with van der Waals surface area (Å²) in [6.45, 7) is 8.44. The molecule has 0 saturated carbocycles. The fourth-order valence-electron chi connectivity index (χ4n) is 0.970. The molecule has 0 heterocycles. The minimum atomic E-state index is -0.108. The maximum Gasteiger partial charge on any atom is 0.306 e. The lowest BCUT2D eigenvalue weighted by Gasteiger charge is -2.05. The van der Waals surface area contributed by atoms with Crippen molar-refractivity contribution < 1.29 is 9.53 Å². The number of ether oxygens (including phenoxy) is 1. The molecule has 0 aromatic rings. The standard InChI is InChI=1S/C11H20O2/c1-4-5-8-11(12)13-9-6-7-10(2)3/h4,10H,1,5-9H2,2-3H3. The minimum Gasteiger partial charge on any atom is -0.466 e. The second-order valence-electron chi connectivity index (χ2n) is 3.58. The Morgan fingerprint density at radius 3 is 2.77 bits per heavy atom. The van der Waals surface area contributed by atoms with Crippen molar-refractivity contribution in [3.8, 4) is 0 Å². The SMILES string of the molecule is C=CCCC(=O)OCCCC(C)C. The first-order chi connectivity index (χ1) is 6.16. The van der Waals surface area contributed by atoms with E-state index >= 15 is 0 Å². The zero-order chi connectivity index (χ0) is 10.1. The highest BCUT2D eigenvalue weighted by Crippen LogP contribution is 2.03. The Kier molecular flexibility index (Phi) is 7.36. The van der Waals surface area contributed by atoms with Crippen LogP contribution in [0.4, 0.5) is 0 Å². The first-order valence-corrected chi connectivity index (χ1v) is 4.93. The van der Waals surface area contributed by atoms with Gasteiger partial charge in [-0.05, 0) is 25.2 Å². The number of rotatable bonds is 7. The molecule has 0 aliphatic carbocycles. The molecule has 0 spiro atoms. The van der Waals surface area contributed by atoms with E-state index in [4.69, 9.17) is 4.74 Å². The lowest BCUT2D eigenvalue weighted by molar-refractivity contribution is -0.143. The van der Waals surface area contributed by atoms with Gasteiger partial charge >= 0.3 is 5.97 Å². The molecule has 0 amide bonds. The topological polar surface area (TPSA) is 26.3 Å². The van der Waals surface area contributed by atoms with Gasteiger partial charge in [0, 0.05) is 6.42 Å². The maximum atomic E-state index is 11.0. The van der Waals surface area contributed by atoms with Crippen LogP contribution in [-0.4, -0.2) is 12.6 Å². The molecule has 2 nitrogen and oxygen atoms in total. The molecule has 0 aliphatic rings. The van der Waals surface area contributed by atoms with Gasteiger partial charge in [0.1, 0.15) is 0 Å². The normalized spacial score (nSPS) is 10.1. The third-order valence-electron chi connectivity index (χ3n) is 1.74. The summed E-state index contributed by atoms with van der Waals surface area (Å²) in [7, 11) is 0.